The van der Waals surface area contributed by atoms with Crippen LogP contribution in [0.2, 0.25) is 0 Å². The van der Waals surface area contributed by atoms with Gasteiger partial charge >= 0.3 is 0 Å². The van der Waals surface area contributed by atoms with Crippen molar-refractivity contribution in [2.75, 3.05) is 33.7 Å². The van der Waals surface area contributed by atoms with Gasteiger partial charge in [0.25, 0.3) is 10.2 Å². The Labute approximate surface area is 128 Å². The Kier molecular flexibility index (Phi) is 5.37. The molecule has 1 N–H and O–H groups in total. The van der Waals surface area contributed by atoms with E-state index in [9.17, 15) is 8.42 Å². The lowest BCUT2D eigenvalue weighted by Crippen LogP contribution is -2.42. The van der Waals surface area contributed by atoms with Crippen LogP contribution in [0.4, 0.5) is 0 Å². The van der Waals surface area contributed by atoms with Gasteiger partial charge in [-0.05, 0) is 45.0 Å². The van der Waals surface area contributed by atoms with Gasteiger partial charge in [0.2, 0.25) is 0 Å². The van der Waals surface area contributed by atoms with Gasteiger partial charge < -0.3 is 4.90 Å². The van der Waals surface area contributed by atoms with Crippen molar-refractivity contribution >= 4 is 10.2 Å². The van der Waals surface area contributed by atoms with Crippen LogP contribution in [0.3, 0.4) is 0 Å². The van der Waals surface area contributed by atoms with Crippen molar-refractivity contribution in [1.29, 1.82) is 0 Å². The first kappa shape index (κ1) is 16.4. The molecule has 1 aromatic rings. The predicted octanol–water partition coefficient (Wildman–Crippen LogP) is 1.53. The average Bonchev–Trinajstić information content (AvgIpc) is 2.95. The van der Waals surface area contributed by atoms with Crippen LogP contribution in [0.5, 0.6) is 0 Å². The largest absolute Gasteiger partial charge is 0.301 e. The highest BCUT2D eigenvalue weighted by Crippen LogP contribution is 2.21. The van der Waals surface area contributed by atoms with Gasteiger partial charge in [-0.1, -0.05) is 24.3 Å². The third kappa shape index (κ3) is 4.03. The molecule has 5 nitrogen and oxygen atoms in total. The topological polar surface area (TPSA) is 52.7 Å². The minimum Gasteiger partial charge on any atom is -0.301 e. The van der Waals surface area contributed by atoms with E-state index >= 15 is 0 Å². The molecular weight excluding hydrogens is 286 g/mol. The summed E-state index contributed by atoms with van der Waals surface area (Å²) in [5.74, 6) is 0. The third-order valence-electron chi connectivity index (χ3n) is 4.03. The fraction of sp³-hybridized carbons (Fsp3) is 0.600. The number of hydrogen-bond acceptors (Lipinski definition) is 3. The van der Waals surface area contributed by atoms with Crippen molar-refractivity contribution in [3.63, 3.8) is 0 Å². The summed E-state index contributed by atoms with van der Waals surface area (Å²) in [6.07, 6.45) is 1.91. The molecule has 1 aliphatic heterocycles. The average molecular weight is 311 g/mol. The van der Waals surface area contributed by atoms with Crippen LogP contribution in [0.25, 0.3) is 0 Å². The molecule has 0 aromatic heterocycles. The second kappa shape index (κ2) is 6.87. The Balaban J connectivity index is 2.09. The van der Waals surface area contributed by atoms with Gasteiger partial charge in [-0.25, -0.2) is 4.72 Å². The molecule has 1 atom stereocenters. The molecule has 1 aliphatic rings. The number of aryl methyl sites for hydroxylation is 1. The summed E-state index contributed by atoms with van der Waals surface area (Å²) in [7, 11) is 0.594. The molecule has 6 heteroatoms. The number of nitrogens with zero attached hydrogens (tertiary/aromatic N) is 2. The first-order valence-corrected chi connectivity index (χ1v) is 8.82. The zero-order chi connectivity index (χ0) is 15.5. The molecule has 0 bridgehead atoms. The van der Waals surface area contributed by atoms with E-state index in [1.165, 1.54) is 9.87 Å². The molecule has 0 unspecified atom stereocenters. The second-order valence-corrected chi connectivity index (χ2v) is 7.55. The minimum atomic E-state index is -3.35. The van der Waals surface area contributed by atoms with Gasteiger partial charge in [-0.15, -0.1) is 0 Å². The fourth-order valence-corrected chi connectivity index (χ4v) is 4.03. The highest BCUT2D eigenvalue weighted by Gasteiger charge is 2.26. The first-order chi connectivity index (χ1) is 9.92. The standard InChI is InChI=1S/C15H25N3O2S/c1-13-8-4-5-9-14(13)15(17(2)3)12-16-21(19,20)18-10-6-7-11-18/h4-5,8-9,15-16H,6-7,10-12H2,1-3H3/t15-/m1/s1. The summed E-state index contributed by atoms with van der Waals surface area (Å²) in [6, 6.07) is 8.14. The molecule has 0 aliphatic carbocycles. The number of nitrogens with one attached hydrogen (secondary N) is 1. The Morgan fingerprint density at radius 1 is 1.24 bits per heavy atom. The summed E-state index contributed by atoms with van der Waals surface area (Å²) < 4.78 is 28.8. The lowest BCUT2D eigenvalue weighted by atomic mass is 10.0. The van der Waals surface area contributed by atoms with Crippen LogP contribution < -0.4 is 4.72 Å². The normalized spacial score (nSPS) is 18.3. The SMILES string of the molecule is Cc1ccccc1[C@@H](CNS(=O)(=O)N1CCCC1)N(C)C. The maximum Gasteiger partial charge on any atom is 0.279 e. The lowest BCUT2D eigenvalue weighted by molar-refractivity contribution is 0.296. The monoisotopic (exact) mass is 311 g/mol. The van der Waals surface area contributed by atoms with Gasteiger partial charge in [0.15, 0.2) is 0 Å². The van der Waals surface area contributed by atoms with E-state index in [1.54, 1.807) is 0 Å². The molecule has 1 heterocycles. The number of benzene rings is 1. The lowest BCUT2D eigenvalue weighted by Gasteiger charge is -2.27. The van der Waals surface area contributed by atoms with E-state index in [2.05, 4.69) is 28.7 Å². The van der Waals surface area contributed by atoms with Crippen LogP contribution in [0.1, 0.15) is 30.0 Å². The molecule has 118 valence electrons. The molecule has 1 aromatic carbocycles. The molecular formula is C15H25N3O2S. The van der Waals surface area contributed by atoms with E-state index in [4.69, 9.17) is 0 Å². The van der Waals surface area contributed by atoms with Crippen LogP contribution in [-0.2, 0) is 10.2 Å². The van der Waals surface area contributed by atoms with Gasteiger partial charge in [0, 0.05) is 25.7 Å². The Hall–Kier alpha value is -0.950. The molecule has 1 saturated heterocycles. The smallest absolute Gasteiger partial charge is 0.279 e. The van der Waals surface area contributed by atoms with Crippen LogP contribution >= 0.6 is 0 Å². The molecule has 21 heavy (non-hydrogen) atoms. The summed E-state index contributed by atoms with van der Waals surface area (Å²) in [4.78, 5) is 2.05. The quantitative estimate of drug-likeness (QED) is 0.867. The van der Waals surface area contributed by atoms with E-state index < -0.39 is 10.2 Å². The minimum absolute atomic E-state index is 0.0311. The molecule has 0 saturated carbocycles. The van der Waals surface area contributed by atoms with Gasteiger partial charge in [0.05, 0.1) is 0 Å². The highest BCUT2D eigenvalue weighted by atomic mass is 32.2. The molecule has 1 fully saturated rings. The number of likely N-dealkylation sites (N-methyl/N-ethyl adjacent to an activating group) is 1. The summed E-state index contributed by atoms with van der Waals surface area (Å²) >= 11 is 0. The summed E-state index contributed by atoms with van der Waals surface area (Å²) in [5.41, 5.74) is 2.34. The van der Waals surface area contributed by atoms with Crippen LogP contribution in [0, 0.1) is 6.92 Å². The maximum absolute atomic E-state index is 12.3. The molecule has 2 rings (SSSR count). The zero-order valence-corrected chi connectivity index (χ0v) is 13.9. The van der Waals surface area contributed by atoms with Crippen molar-refractivity contribution in [2.24, 2.45) is 0 Å². The summed E-state index contributed by atoms with van der Waals surface area (Å²) in [6.45, 7) is 3.70. The van der Waals surface area contributed by atoms with E-state index in [-0.39, 0.29) is 6.04 Å². The van der Waals surface area contributed by atoms with Crippen molar-refractivity contribution in [3.8, 4) is 0 Å². The molecule has 0 amide bonds. The van der Waals surface area contributed by atoms with Gasteiger partial charge in [-0.3, -0.25) is 0 Å². The Morgan fingerprint density at radius 3 is 2.43 bits per heavy atom. The van der Waals surface area contributed by atoms with Crippen LogP contribution in [0.15, 0.2) is 24.3 Å². The predicted molar refractivity (Wildman–Crippen MR) is 85.3 cm³/mol. The van der Waals surface area contributed by atoms with Gasteiger partial charge in [-0.2, -0.15) is 12.7 Å². The zero-order valence-electron chi connectivity index (χ0n) is 13.0. The van der Waals surface area contributed by atoms with Crippen molar-refractivity contribution in [2.45, 2.75) is 25.8 Å². The van der Waals surface area contributed by atoms with Crippen LogP contribution in [-0.4, -0.2) is 51.4 Å². The second-order valence-electron chi connectivity index (χ2n) is 5.80. The van der Waals surface area contributed by atoms with Crippen molar-refractivity contribution in [1.82, 2.24) is 13.9 Å². The molecule has 0 radical (unpaired) electrons. The Bertz CT molecular complexity index is 566. The van der Waals surface area contributed by atoms with E-state index in [1.807, 2.05) is 26.2 Å². The molecule has 0 spiro atoms. The summed E-state index contributed by atoms with van der Waals surface area (Å²) in [5, 5.41) is 0. The highest BCUT2D eigenvalue weighted by molar-refractivity contribution is 7.87. The number of hydrogen-bond donors (Lipinski definition) is 1. The third-order valence-corrected chi connectivity index (χ3v) is 5.61. The maximum atomic E-state index is 12.3. The van der Waals surface area contributed by atoms with Crippen molar-refractivity contribution < 1.29 is 8.42 Å². The van der Waals surface area contributed by atoms with Crippen molar-refractivity contribution in [3.05, 3.63) is 35.4 Å². The first-order valence-electron chi connectivity index (χ1n) is 7.38. The van der Waals surface area contributed by atoms with Gasteiger partial charge in [0.1, 0.15) is 0 Å². The van der Waals surface area contributed by atoms with E-state index in [0.717, 1.165) is 18.4 Å². The van der Waals surface area contributed by atoms with E-state index in [0.29, 0.717) is 19.6 Å². The number of rotatable bonds is 6. The fourth-order valence-electron chi connectivity index (χ4n) is 2.74. The Morgan fingerprint density at radius 2 is 1.86 bits per heavy atom.